The maximum Gasteiger partial charge on any atom is 0.240 e. The minimum absolute atomic E-state index is 0.296. The molecule has 4 nitrogen and oxygen atoms in total. The van der Waals surface area contributed by atoms with Crippen LogP contribution in [0.25, 0.3) is 0 Å². The summed E-state index contributed by atoms with van der Waals surface area (Å²) < 4.78 is 27.1. The van der Waals surface area contributed by atoms with Gasteiger partial charge in [-0.1, -0.05) is 18.3 Å². The predicted molar refractivity (Wildman–Crippen MR) is 79.7 cm³/mol. The molecule has 0 saturated heterocycles. The summed E-state index contributed by atoms with van der Waals surface area (Å²) in [7, 11) is -3.49. The minimum Gasteiger partial charge on any atom is -0.393 e. The first-order chi connectivity index (χ1) is 8.88. The highest BCUT2D eigenvalue weighted by molar-refractivity contribution is 7.89. The first-order valence-corrected chi connectivity index (χ1v) is 8.20. The maximum absolute atomic E-state index is 12.2. The summed E-state index contributed by atoms with van der Waals surface area (Å²) in [6, 6.07) is 5.06. The van der Waals surface area contributed by atoms with Crippen molar-refractivity contribution >= 4 is 27.2 Å². The van der Waals surface area contributed by atoms with Gasteiger partial charge in [0.05, 0.1) is 9.88 Å². The number of rotatable bonds is 5. The molecule has 0 amide bonds. The van der Waals surface area contributed by atoms with E-state index in [-0.39, 0.29) is 6.04 Å². The Morgan fingerprint density at radius 3 is 2.79 bits per heavy atom. The van der Waals surface area contributed by atoms with E-state index in [1.54, 1.807) is 19.1 Å². The Bertz CT molecular complexity index is 597. The fourth-order valence-electron chi connectivity index (χ4n) is 2.39. The fourth-order valence-corrected chi connectivity index (χ4v) is 3.94. The molecule has 3 N–H and O–H groups in total. The second kappa shape index (κ2) is 5.56. The average molecular weight is 298 g/mol. The maximum atomic E-state index is 12.2. The highest BCUT2D eigenvalue weighted by Crippen LogP contribution is 2.24. The molecule has 1 atom stereocenters. The summed E-state index contributed by atoms with van der Waals surface area (Å²) in [6.45, 7) is 1.75. The second-order valence-corrected chi connectivity index (χ2v) is 7.22. The molecule has 0 fully saturated rings. The third-order valence-corrected chi connectivity index (χ3v) is 5.00. The Morgan fingerprint density at radius 2 is 2.11 bits per heavy atom. The van der Waals surface area contributed by atoms with Gasteiger partial charge in [-0.3, -0.25) is 0 Å². The molecule has 0 aliphatic heterocycles. The van der Waals surface area contributed by atoms with Gasteiger partial charge in [0.2, 0.25) is 10.0 Å². The molecule has 0 heterocycles. The van der Waals surface area contributed by atoms with E-state index in [2.05, 4.69) is 4.72 Å². The molecule has 0 bridgehead atoms. The number of hydrogen-bond acceptors (Lipinski definition) is 3. The molecule has 0 aromatic heterocycles. The summed E-state index contributed by atoms with van der Waals surface area (Å²) in [5.74, 6) is 0. The van der Waals surface area contributed by atoms with E-state index in [9.17, 15) is 8.42 Å². The van der Waals surface area contributed by atoms with Crippen LogP contribution in [0.15, 0.2) is 23.1 Å². The van der Waals surface area contributed by atoms with Crippen molar-refractivity contribution < 1.29 is 8.42 Å². The Hall–Kier alpha value is -0.980. The van der Waals surface area contributed by atoms with Crippen LogP contribution in [0, 0.1) is 0 Å². The quantitative estimate of drug-likeness (QED) is 0.808. The van der Waals surface area contributed by atoms with Gasteiger partial charge in [-0.05, 0) is 49.4 Å². The van der Waals surface area contributed by atoms with E-state index in [1.807, 2.05) is 6.07 Å². The smallest absolute Gasteiger partial charge is 0.240 e. The van der Waals surface area contributed by atoms with Crippen molar-refractivity contribution in [2.75, 3.05) is 0 Å². The lowest BCUT2D eigenvalue weighted by atomic mass is 10.1. The van der Waals surface area contributed by atoms with Crippen LogP contribution < -0.4 is 10.5 Å². The van der Waals surface area contributed by atoms with Gasteiger partial charge in [0.25, 0.3) is 0 Å². The van der Waals surface area contributed by atoms with E-state index in [1.165, 1.54) is 5.56 Å². The van der Waals surface area contributed by atoms with Crippen LogP contribution in [-0.4, -0.2) is 19.4 Å². The predicted octanol–water partition coefficient (Wildman–Crippen LogP) is 1.52. The van der Waals surface area contributed by atoms with Crippen molar-refractivity contribution in [2.45, 2.75) is 43.5 Å². The van der Waals surface area contributed by atoms with Crippen LogP contribution in [0.5, 0.6) is 0 Å². The number of thiocarbonyl (C=S) groups is 1. The van der Waals surface area contributed by atoms with Crippen LogP contribution in [0.3, 0.4) is 0 Å². The lowest BCUT2D eigenvalue weighted by Gasteiger charge is -2.14. The topological polar surface area (TPSA) is 72.2 Å². The van der Waals surface area contributed by atoms with Gasteiger partial charge in [0.1, 0.15) is 0 Å². The van der Waals surface area contributed by atoms with Crippen LogP contribution in [0.1, 0.15) is 30.9 Å². The van der Waals surface area contributed by atoms with Crippen LogP contribution in [0.2, 0.25) is 0 Å². The molecule has 1 aliphatic carbocycles. The molecule has 19 heavy (non-hydrogen) atoms. The van der Waals surface area contributed by atoms with Crippen LogP contribution in [-0.2, 0) is 22.9 Å². The molecule has 0 spiro atoms. The van der Waals surface area contributed by atoms with Crippen molar-refractivity contribution in [1.29, 1.82) is 0 Å². The van der Waals surface area contributed by atoms with Gasteiger partial charge < -0.3 is 5.73 Å². The minimum atomic E-state index is -3.49. The molecule has 6 heteroatoms. The Balaban J connectivity index is 2.18. The van der Waals surface area contributed by atoms with Crippen molar-refractivity contribution in [2.24, 2.45) is 5.73 Å². The van der Waals surface area contributed by atoms with E-state index in [0.29, 0.717) is 16.3 Å². The standard InChI is InChI=1S/C13H18N2O2S2/c1-9(7-13(14)18)15-19(16,17)12-6-5-10-3-2-4-11(10)8-12/h5-6,8-9,15H,2-4,7H2,1H3,(H2,14,18). The molecule has 0 saturated carbocycles. The number of fused-ring (bicyclic) bond motifs is 1. The van der Waals surface area contributed by atoms with Gasteiger partial charge in [-0.15, -0.1) is 0 Å². The highest BCUT2D eigenvalue weighted by Gasteiger charge is 2.20. The van der Waals surface area contributed by atoms with Crippen molar-refractivity contribution in [3.8, 4) is 0 Å². The van der Waals surface area contributed by atoms with E-state index in [4.69, 9.17) is 18.0 Å². The highest BCUT2D eigenvalue weighted by atomic mass is 32.2. The largest absolute Gasteiger partial charge is 0.393 e. The second-order valence-electron chi connectivity index (χ2n) is 4.98. The summed E-state index contributed by atoms with van der Waals surface area (Å²) in [4.78, 5) is 0.632. The van der Waals surface area contributed by atoms with E-state index < -0.39 is 10.0 Å². The molecular formula is C13H18N2O2S2. The molecule has 1 aliphatic rings. The Morgan fingerprint density at radius 1 is 1.42 bits per heavy atom. The van der Waals surface area contributed by atoms with Crippen LogP contribution >= 0.6 is 12.2 Å². The zero-order valence-electron chi connectivity index (χ0n) is 10.8. The van der Waals surface area contributed by atoms with Crippen molar-refractivity contribution in [3.05, 3.63) is 29.3 Å². The monoisotopic (exact) mass is 298 g/mol. The molecule has 1 aromatic carbocycles. The summed E-state index contributed by atoms with van der Waals surface area (Å²) in [6.07, 6.45) is 3.46. The van der Waals surface area contributed by atoms with Crippen molar-refractivity contribution in [1.82, 2.24) is 4.72 Å². The number of hydrogen-bond donors (Lipinski definition) is 2. The molecule has 1 aromatic rings. The SMILES string of the molecule is CC(CC(N)=S)NS(=O)(=O)c1ccc2c(c1)CCC2. The fraction of sp³-hybridized carbons (Fsp3) is 0.462. The van der Waals surface area contributed by atoms with Gasteiger partial charge in [0.15, 0.2) is 0 Å². The number of benzene rings is 1. The van der Waals surface area contributed by atoms with E-state index in [0.717, 1.165) is 24.8 Å². The number of nitrogens with one attached hydrogen (secondary N) is 1. The Labute approximate surface area is 119 Å². The van der Waals surface area contributed by atoms with Gasteiger partial charge in [0, 0.05) is 12.5 Å². The van der Waals surface area contributed by atoms with Crippen molar-refractivity contribution in [3.63, 3.8) is 0 Å². The molecule has 104 valence electrons. The number of aryl methyl sites for hydroxylation is 2. The molecule has 1 unspecified atom stereocenters. The first-order valence-electron chi connectivity index (χ1n) is 6.31. The summed E-state index contributed by atoms with van der Waals surface area (Å²) in [5.41, 5.74) is 7.82. The normalized spacial score (nSPS) is 16.1. The lowest BCUT2D eigenvalue weighted by Crippen LogP contribution is -2.35. The molecular weight excluding hydrogens is 280 g/mol. The lowest BCUT2D eigenvalue weighted by molar-refractivity contribution is 0.565. The Kier molecular flexibility index (Phi) is 4.23. The zero-order chi connectivity index (χ0) is 14.0. The number of sulfonamides is 1. The third-order valence-electron chi connectivity index (χ3n) is 3.24. The average Bonchev–Trinajstić information content (AvgIpc) is 2.73. The van der Waals surface area contributed by atoms with E-state index >= 15 is 0 Å². The molecule has 2 rings (SSSR count). The van der Waals surface area contributed by atoms with Gasteiger partial charge >= 0.3 is 0 Å². The first kappa shape index (κ1) is 14.4. The zero-order valence-corrected chi connectivity index (χ0v) is 12.5. The van der Waals surface area contributed by atoms with Crippen LogP contribution in [0.4, 0.5) is 0 Å². The van der Waals surface area contributed by atoms with Gasteiger partial charge in [-0.25, -0.2) is 13.1 Å². The van der Waals surface area contributed by atoms with Gasteiger partial charge in [-0.2, -0.15) is 0 Å². The molecule has 0 radical (unpaired) electrons. The number of nitrogens with two attached hydrogens (primary N) is 1. The summed E-state index contributed by atoms with van der Waals surface area (Å²) in [5, 5.41) is 0. The third kappa shape index (κ3) is 3.52. The summed E-state index contributed by atoms with van der Waals surface area (Å²) >= 11 is 4.79.